The Morgan fingerprint density at radius 2 is 2.12 bits per heavy atom. The Morgan fingerprint density at radius 3 is 2.65 bits per heavy atom. The van der Waals surface area contributed by atoms with Gasteiger partial charge >= 0.3 is 5.97 Å². The number of hydrogen-bond donors (Lipinski definition) is 1. The third kappa shape index (κ3) is 2.03. The minimum Gasteiger partial charge on any atom is -0.478 e. The van der Waals surface area contributed by atoms with Crippen LogP contribution in [0.4, 0.5) is 0 Å². The lowest BCUT2D eigenvalue weighted by atomic mass is 10.2. The fourth-order valence-corrected chi connectivity index (χ4v) is 2.01. The van der Waals surface area contributed by atoms with Crippen molar-refractivity contribution in [1.82, 2.24) is 9.78 Å². The number of halogens is 1. The molecule has 4 nitrogen and oxygen atoms in total. The first kappa shape index (κ1) is 11.7. The van der Waals surface area contributed by atoms with Gasteiger partial charge in [-0.1, -0.05) is 17.7 Å². The van der Waals surface area contributed by atoms with Crippen LogP contribution in [0.15, 0.2) is 24.3 Å². The van der Waals surface area contributed by atoms with E-state index < -0.39 is 5.97 Å². The van der Waals surface area contributed by atoms with Gasteiger partial charge in [0.1, 0.15) is 0 Å². The van der Waals surface area contributed by atoms with E-state index in [0.29, 0.717) is 10.7 Å². The van der Waals surface area contributed by atoms with Crippen LogP contribution in [0, 0.1) is 13.8 Å². The number of carboxylic acids is 1. The number of aromatic nitrogens is 2. The molecule has 5 heteroatoms. The van der Waals surface area contributed by atoms with Crippen molar-refractivity contribution in [3.8, 4) is 5.69 Å². The molecule has 1 aromatic heterocycles. The molecule has 0 spiro atoms. The van der Waals surface area contributed by atoms with Gasteiger partial charge in [0.25, 0.3) is 0 Å². The summed E-state index contributed by atoms with van der Waals surface area (Å²) in [6.07, 6.45) is 0. The summed E-state index contributed by atoms with van der Waals surface area (Å²) in [6, 6.07) is 6.65. The van der Waals surface area contributed by atoms with Crippen LogP contribution in [0.3, 0.4) is 0 Å². The molecule has 2 rings (SSSR count). The van der Waals surface area contributed by atoms with Crippen molar-refractivity contribution in [3.05, 3.63) is 46.2 Å². The van der Waals surface area contributed by atoms with E-state index in [9.17, 15) is 4.79 Å². The van der Waals surface area contributed by atoms with Crippen molar-refractivity contribution in [3.63, 3.8) is 0 Å². The zero-order chi connectivity index (χ0) is 12.6. The molecule has 0 atom stereocenters. The van der Waals surface area contributed by atoms with E-state index in [2.05, 4.69) is 5.10 Å². The highest BCUT2D eigenvalue weighted by molar-refractivity contribution is 6.33. The average molecular weight is 251 g/mol. The van der Waals surface area contributed by atoms with Crippen LogP contribution in [0.1, 0.15) is 21.7 Å². The topological polar surface area (TPSA) is 55.1 Å². The monoisotopic (exact) mass is 250 g/mol. The Morgan fingerprint density at radius 1 is 1.41 bits per heavy atom. The van der Waals surface area contributed by atoms with Gasteiger partial charge in [-0.15, -0.1) is 0 Å². The molecule has 1 heterocycles. The number of aromatic carboxylic acids is 1. The van der Waals surface area contributed by atoms with E-state index in [0.717, 1.165) is 11.4 Å². The van der Waals surface area contributed by atoms with Crippen LogP contribution in [0.25, 0.3) is 5.69 Å². The molecule has 88 valence electrons. The lowest BCUT2D eigenvalue weighted by Crippen LogP contribution is -2.08. The summed E-state index contributed by atoms with van der Waals surface area (Å²) < 4.78 is 1.56. The standard InChI is InChI=1S/C12H11ClN2O2/c1-7-6-8(2)15(14-7)11-9(12(16)17)4-3-5-10(11)13/h3-6H,1-2H3,(H,16,17). The van der Waals surface area contributed by atoms with Crippen LogP contribution in [0.2, 0.25) is 5.02 Å². The summed E-state index contributed by atoms with van der Waals surface area (Å²) in [7, 11) is 0. The lowest BCUT2D eigenvalue weighted by Gasteiger charge is -2.10. The second kappa shape index (κ2) is 4.22. The first-order valence-electron chi connectivity index (χ1n) is 5.06. The summed E-state index contributed by atoms with van der Waals surface area (Å²) in [5.41, 5.74) is 2.22. The molecule has 0 fully saturated rings. The van der Waals surface area contributed by atoms with Gasteiger partial charge in [0, 0.05) is 5.69 Å². The fraction of sp³-hybridized carbons (Fsp3) is 0.167. The van der Waals surface area contributed by atoms with E-state index >= 15 is 0 Å². The highest BCUT2D eigenvalue weighted by atomic mass is 35.5. The maximum atomic E-state index is 11.2. The Bertz CT molecular complexity index is 590. The SMILES string of the molecule is Cc1cc(C)n(-c2c(Cl)cccc2C(=O)O)n1. The maximum absolute atomic E-state index is 11.2. The van der Waals surface area contributed by atoms with Gasteiger partial charge in [0.15, 0.2) is 0 Å². The maximum Gasteiger partial charge on any atom is 0.337 e. The van der Waals surface area contributed by atoms with Crippen molar-refractivity contribution < 1.29 is 9.90 Å². The quantitative estimate of drug-likeness (QED) is 0.892. The summed E-state index contributed by atoms with van der Waals surface area (Å²) in [6.45, 7) is 3.70. The average Bonchev–Trinajstić information content (AvgIpc) is 2.57. The number of carboxylic acid groups (broad SMARTS) is 1. The Hall–Kier alpha value is -1.81. The summed E-state index contributed by atoms with van der Waals surface area (Å²) in [5.74, 6) is -1.02. The second-order valence-corrected chi connectivity index (χ2v) is 4.19. The van der Waals surface area contributed by atoms with E-state index in [1.807, 2.05) is 19.9 Å². The van der Waals surface area contributed by atoms with Gasteiger partial charge in [-0.3, -0.25) is 0 Å². The highest BCUT2D eigenvalue weighted by Crippen LogP contribution is 2.25. The van der Waals surface area contributed by atoms with Crippen LogP contribution in [-0.4, -0.2) is 20.9 Å². The molecular formula is C12H11ClN2O2. The van der Waals surface area contributed by atoms with Crippen LogP contribution < -0.4 is 0 Å². The van der Waals surface area contributed by atoms with Gasteiger partial charge in [-0.2, -0.15) is 5.10 Å². The minimum absolute atomic E-state index is 0.142. The molecule has 0 bridgehead atoms. The third-order valence-corrected chi connectivity index (χ3v) is 2.74. The summed E-state index contributed by atoms with van der Waals surface area (Å²) in [4.78, 5) is 11.2. The number of aryl methyl sites for hydroxylation is 2. The van der Waals surface area contributed by atoms with Crippen LogP contribution in [-0.2, 0) is 0 Å². The molecule has 0 saturated carbocycles. The number of para-hydroxylation sites is 1. The first-order chi connectivity index (χ1) is 8.00. The zero-order valence-corrected chi connectivity index (χ0v) is 10.2. The molecule has 0 aliphatic carbocycles. The molecular weight excluding hydrogens is 240 g/mol. The Labute approximate surface area is 103 Å². The number of nitrogens with zero attached hydrogens (tertiary/aromatic N) is 2. The van der Waals surface area contributed by atoms with Crippen molar-refractivity contribution in [1.29, 1.82) is 0 Å². The van der Waals surface area contributed by atoms with Crippen LogP contribution in [0.5, 0.6) is 0 Å². The molecule has 1 N–H and O–H groups in total. The third-order valence-electron chi connectivity index (χ3n) is 2.44. The normalized spacial score (nSPS) is 10.5. The van der Waals surface area contributed by atoms with E-state index in [1.165, 1.54) is 6.07 Å². The number of carbonyl (C=O) groups is 1. The summed E-state index contributed by atoms with van der Waals surface area (Å²) in [5, 5.41) is 13.8. The molecule has 0 radical (unpaired) electrons. The number of benzene rings is 1. The first-order valence-corrected chi connectivity index (χ1v) is 5.44. The van der Waals surface area contributed by atoms with E-state index in [4.69, 9.17) is 16.7 Å². The lowest BCUT2D eigenvalue weighted by molar-refractivity contribution is 0.0696. The smallest absolute Gasteiger partial charge is 0.337 e. The highest BCUT2D eigenvalue weighted by Gasteiger charge is 2.17. The molecule has 0 amide bonds. The van der Waals surface area contributed by atoms with Crippen molar-refractivity contribution in [2.45, 2.75) is 13.8 Å². The minimum atomic E-state index is -1.02. The number of hydrogen-bond acceptors (Lipinski definition) is 2. The predicted molar refractivity (Wildman–Crippen MR) is 65.0 cm³/mol. The van der Waals surface area contributed by atoms with Gasteiger partial charge in [-0.25, -0.2) is 9.48 Å². The van der Waals surface area contributed by atoms with Crippen molar-refractivity contribution in [2.24, 2.45) is 0 Å². The Balaban J connectivity index is 2.74. The van der Waals surface area contributed by atoms with Gasteiger partial charge in [0.2, 0.25) is 0 Å². The zero-order valence-electron chi connectivity index (χ0n) is 9.44. The molecule has 1 aromatic carbocycles. The molecule has 0 aliphatic rings. The van der Waals surface area contributed by atoms with E-state index in [-0.39, 0.29) is 5.56 Å². The second-order valence-electron chi connectivity index (χ2n) is 3.78. The number of rotatable bonds is 2. The van der Waals surface area contributed by atoms with Crippen molar-refractivity contribution in [2.75, 3.05) is 0 Å². The van der Waals surface area contributed by atoms with Gasteiger partial charge in [-0.05, 0) is 32.0 Å². The fourth-order valence-electron chi connectivity index (χ4n) is 1.76. The Kier molecular flexibility index (Phi) is 2.90. The molecule has 17 heavy (non-hydrogen) atoms. The largest absolute Gasteiger partial charge is 0.478 e. The van der Waals surface area contributed by atoms with Crippen molar-refractivity contribution >= 4 is 17.6 Å². The van der Waals surface area contributed by atoms with E-state index in [1.54, 1.807) is 16.8 Å². The summed E-state index contributed by atoms with van der Waals surface area (Å²) >= 11 is 6.07. The molecule has 2 aromatic rings. The van der Waals surface area contributed by atoms with Gasteiger partial charge < -0.3 is 5.11 Å². The molecule has 0 unspecified atom stereocenters. The van der Waals surface area contributed by atoms with Crippen LogP contribution >= 0.6 is 11.6 Å². The predicted octanol–water partition coefficient (Wildman–Crippen LogP) is 2.84. The van der Waals surface area contributed by atoms with Gasteiger partial charge in [0.05, 0.1) is 22.0 Å². The molecule has 0 saturated heterocycles. The molecule has 0 aliphatic heterocycles.